The molecule has 4 atom stereocenters. The number of nitrogens with zero attached hydrogens (tertiary/aromatic N) is 3. The topological polar surface area (TPSA) is 106 Å². The molecule has 8 nitrogen and oxygen atoms in total. The van der Waals surface area contributed by atoms with E-state index in [1.165, 1.54) is 0 Å². The summed E-state index contributed by atoms with van der Waals surface area (Å²) in [5, 5.41) is 15.2. The average Bonchev–Trinajstić information content (AvgIpc) is 3.19. The summed E-state index contributed by atoms with van der Waals surface area (Å²) in [6.45, 7) is 2.13. The fourth-order valence-corrected chi connectivity index (χ4v) is 5.29. The summed E-state index contributed by atoms with van der Waals surface area (Å²) in [6.07, 6.45) is 6.51. The number of nitriles is 1. The highest BCUT2D eigenvalue weighted by Crippen LogP contribution is 2.41. The van der Waals surface area contributed by atoms with E-state index < -0.39 is 17.6 Å². The van der Waals surface area contributed by atoms with E-state index in [1.54, 1.807) is 4.90 Å². The van der Waals surface area contributed by atoms with Crippen LogP contribution in [-0.2, 0) is 14.4 Å². The molecule has 8 heteroatoms. The first-order valence-electron chi connectivity index (χ1n) is 10.9. The molecule has 0 radical (unpaired) electrons. The van der Waals surface area contributed by atoms with E-state index in [9.17, 15) is 19.6 Å². The number of carbonyl (C=O) groups is 3. The summed E-state index contributed by atoms with van der Waals surface area (Å²) < 4.78 is 0. The Hall–Kier alpha value is -2.14. The molecule has 1 saturated carbocycles. The Kier molecular flexibility index (Phi) is 5.52. The number of carbonyl (C=O) groups excluding carboxylic acids is 3. The number of nitrogens with one attached hydrogen (secondary N) is 2. The lowest BCUT2D eigenvalue weighted by Crippen LogP contribution is -2.55. The number of likely N-dealkylation sites (N-methyl/N-ethyl adjacent to an activating group) is 1. The van der Waals surface area contributed by atoms with Crippen LogP contribution in [0.4, 0.5) is 0 Å². The average molecular weight is 402 g/mol. The van der Waals surface area contributed by atoms with Gasteiger partial charge in [0.2, 0.25) is 17.7 Å². The molecule has 158 valence electrons. The Morgan fingerprint density at radius 3 is 2.66 bits per heavy atom. The molecule has 0 aromatic carbocycles. The molecule has 0 aromatic heterocycles. The Balaban J connectivity index is 1.45. The van der Waals surface area contributed by atoms with Gasteiger partial charge in [0.25, 0.3) is 0 Å². The van der Waals surface area contributed by atoms with Gasteiger partial charge in [-0.15, -0.1) is 0 Å². The lowest BCUT2D eigenvalue weighted by molar-refractivity contribution is -0.143. The van der Waals surface area contributed by atoms with Crippen LogP contribution in [0.5, 0.6) is 0 Å². The Morgan fingerprint density at radius 1 is 1.28 bits per heavy atom. The Labute approximate surface area is 172 Å². The molecule has 0 aromatic rings. The van der Waals surface area contributed by atoms with E-state index >= 15 is 0 Å². The quantitative estimate of drug-likeness (QED) is 0.642. The molecular formula is C21H31N5O3. The highest BCUT2D eigenvalue weighted by Gasteiger charge is 2.54. The summed E-state index contributed by atoms with van der Waals surface area (Å²) in [4.78, 5) is 42.3. The summed E-state index contributed by atoms with van der Waals surface area (Å²) in [6, 6.07) is 0.912. The van der Waals surface area contributed by atoms with Crippen molar-refractivity contribution in [3.63, 3.8) is 0 Å². The molecule has 3 aliphatic heterocycles. The smallest absolute Gasteiger partial charge is 0.243 e. The predicted molar refractivity (Wildman–Crippen MR) is 105 cm³/mol. The van der Waals surface area contributed by atoms with Crippen LogP contribution in [0.2, 0.25) is 0 Å². The van der Waals surface area contributed by atoms with Crippen LogP contribution in [0, 0.1) is 23.2 Å². The van der Waals surface area contributed by atoms with Crippen LogP contribution in [-0.4, -0.2) is 71.8 Å². The van der Waals surface area contributed by atoms with Gasteiger partial charge in [0.1, 0.15) is 17.6 Å². The third-order valence-electron chi connectivity index (χ3n) is 7.33. The number of amides is 3. The summed E-state index contributed by atoms with van der Waals surface area (Å²) >= 11 is 0. The second kappa shape index (κ2) is 7.94. The van der Waals surface area contributed by atoms with E-state index in [0.29, 0.717) is 38.3 Å². The third kappa shape index (κ3) is 3.85. The van der Waals surface area contributed by atoms with Crippen molar-refractivity contribution >= 4 is 17.7 Å². The van der Waals surface area contributed by atoms with Crippen molar-refractivity contribution in [2.24, 2.45) is 11.8 Å². The maximum Gasteiger partial charge on any atom is 0.243 e. The monoisotopic (exact) mass is 401 g/mol. The molecule has 3 heterocycles. The summed E-state index contributed by atoms with van der Waals surface area (Å²) in [7, 11) is 2.00. The fraction of sp³-hybridized carbons (Fsp3) is 0.810. The van der Waals surface area contributed by atoms with E-state index in [-0.39, 0.29) is 23.6 Å². The molecule has 4 rings (SSSR count). The van der Waals surface area contributed by atoms with Gasteiger partial charge in [-0.25, -0.2) is 0 Å². The minimum Gasteiger partial charge on any atom is -0.356 e. The maximum atomic E-state index is 13.4. The van der Waals surface area contributed by atoms with Gasteiger partial charge < -0.3 is 15.5 Å². The van der Waals surface area contributed by atoms with E-state index in [2.05, 4.69) is 21.6 Å². The lowest BCUT2D eigenvalue weighted by atomic mass is 9.94. The number of hydrogen-bond acceptors (Lipinski definition) is 5. The van der Waals surface area contributed by atoms with Gasteiger partial charge in [0.15, 0.2) is 0 Å². The molecular weight excluding hydrogens is 370 g/mol. The molecule has 4 fully saturated rings. The fourth-order valence-electron chi connectivity index (χ4n) is 5.29. The normalized spacial score (nSPS) is 31.7. The Bertz CT molecular complexity index is 730. The molecule has 29 heavy (non-hydrogen) atoms. The van der Waals surface area contributed by atoms with Crippen molar-refractivity contribution in [1.29, 1.82) is 5.26 Å². The zero-order valence-electron chi connectivity index (χ0n) is 17.2. The minimum absolute atomic E-state index is 0.0463. The first-order chi connectivity index (χ1) is 13.9. The second-order valence-electron chi connectivity index (χ2n) is 9.20. The van der Waals surface area contributed by atoms with Crippen molar-refractivity contribution in [3.8, 4) is 6.07 Å². The first kappa shape index (κ1) is 20.1. The molecule has 1 spiro atoms. The van der Waals surface area contributed by atoms with Gasteiger partial charge in [0.05, 0.1) is 6.07 Å². The molecule has 1 unspecified atom stereocenters. The van der Waals surface area contributed by atoms with Crippen LogP contribution in [0.15, 0.2) is 0 Å². The molecule has 1 aliphatic carbocycles. The van der Waals surface area contributed by atoms with Gasteiger partial charge in [-0.1, -0.05) is 12.8 Å². The number of rotatable bonds is 7. The van der Waals surface area contributed by atoms with Gasteiger partial charge in [0, 0.05) is 19.0 Å². The molecule has 3 amide bonds. The van der Waals surface area contributed by atoms with Crippen molar-refractivity contribution < 1.29 is 14.4 Å². The van der Waals surface area contributed by atoms with Crippen molar-refractivity contribution in [1.82, 2.24) is 20.4 Å². The zero-order chi connectivity index (χ0) is 20.6. The van der Waals surface area contributed by atoms with Crippen LogP contribution in [0.3, 0.4) is 0 Å². The maximum absolute atomic E-state index is 13.4. The van der Waals surface area contributed by atoms with E-state index in [1.807, 2.05) is 7.05 Å². The Morgan fingerprint density at radius 2 is 2.07 bits per heavy atom. The van der Waals surface area contributed by atoms with Crippen molar-refractivity contribution in [2.45, 2.75) is 69.0 Å². The van der Waals surface area contributed by atoms with Crippen LogP contribution < -0.4 is 10.6 Å². The van der Waals surface area contributed by atoms with Gasteiger partial charge in [-0.3, -0.25) is 19.3 Å². The van der Waals surface area contributed by atoms with Crippen molar-refractivity contribution in [3.05, 3.63) is 0 Å². The zero-order valence-corrected chi connectivity index (χ0v) is 17.2. The molecule has 0 bridgehead atoms. The third-order valence-corrected chi connectivity index (χ3v) is 7.33. The minimum atomic E-state index is -0.709. The molecule has 2 N–H and O–H groups in total. The van der Waals surface area contributed by atoms with Gasteiger partial charge >= 0.3 is 0 Å². The SMILES string of the molecule is CN1CCCC12CCN([C@H](CC1CC1)C(=O)N[C@@H](C#N)C[C@H]1CCNC1=O)C2=O. The number of hydrogen-bond donors (Lipinski definition) is 2. The van der Waals surface area contributed by atoms with E-state index in [4.69, 9.17) is 0 Å². The van der Waals surface area contributed by atoms with Crippen LogP contribution in [0.1, 0.15) is 51.4 Å². The molecule has 3 saturated heterocycles. The van der Waals surface area contributed by atoms with Crippen LogP contribution in [0.25, 0.3) is 0 Å². The lowest BCUT2D eigenvalue weighted by Gasteiger charge is -2.33. The van der Waals surface area contributed by atoms with Crippen LogP contribution >= 0.6 is 0 Å². The first-order valence-corrected chi connectivity index (χ1v) is 10.9. The van der Waals surface area contributed by atoms with Gasteiger partial charge in [-0.2, -0.15) is 5.26 Å². The highest BCUT2D eigenvalue weighted by molar-refractivity contribution is 5.94. The predicted octanol–water partition coefficient (Wildman–Crippen LogP) is 0.386. The highest BCUT2D eigenvalue weighted by atomic mass is 16.2. The van der Waals surface area contributed by atoms with Crippen molar-refractivity contribution in [2.75, 3.05) is 26.7 Å². The summed E-state index contributed by atoms with van der Waals surface area (Å²) in [5.41, 5.74) is -0.446. The largest absolute Gasteiger partial charge is 0.356 e. The summed E-state index contributed by atoms with van der Waals surface area (Å²) in [5.74, 6) is 0.0352. The second-order valence-corrected chi connectivity index (χ2v) is 9.20. The number of likely N-dealkylation sites (tertiary alicyclic amines) is 2. The standard InChI is InChI=1S/C21H31N5O3/c1-25-9-2-6-21(25)7-10-26(20(21)29)17(11-14-3-4-14)19(28)24-16(13-22)12-15-5-8-23-18(15)27/h14-17H,2-12H2,1H3,(H,23,27)(H,24,28)/t15-,16-,17-,21?/m1/s1. The van der Waals surface area contributed by atoms with Gasteiger partial charge in [-0.05, 0) is 58.0 Å². The van der Waals surface area contributed by atoms with E-state index in [0.717, 1.165) is 38.6 Å². The molecule has 4 aliphatic rings.